The first kappa shape index (κ1) is 22.5. The number of esters is 1. The van der Waals surface area contributed by atoms with E-state index in [9.17, 15) is 9.59 Å². The SMILES string of the molecule is CCCCOC(=O)C(C)Oc1ccc(C(=O)Nc2c(CC)cccc2CC)cc1. The zero-order valence-corrected chi connectivity index (χ0v) is 17.8. The Labute approximate surface area is 173 Å². The molecule has 0 aliphatic heterocycles. The molecule has 0 bridgehead atoms. The quantitative estimate of drug-likeness (QED) is 0.443. The number of hydrogen-bond acceptors (Lipinski definition) is 4. The largest absolute Gasteiger partial charge is 0.479 e. The molecule has 2 aromatic carbocycles. The van der Waals surface area contributed by atoms with Crippen molar-refractivity contribution in [3.8, 4) is 5.75 Å². The molecule has 5 heteroatoms. The number of rotatable bonds is 10. The summed E-state index contributed by atoms with van der Waals surface area (Å²) in [6.07, 6.45) is 2.80. The number of para-hydroxylation sites is 1. The number of nitrogens with one attached hydrogen (secondary N) is 1. The molecule has 0 aromatic heterocycles. The summed E-state index contributed by atoms with van der Waals surface area (Å²) in [7, 11) is 0. The van der Waals surface area contributed by atoms with Crippen LogP contribution in [0.5, 0.6) is 5.75 Å². The highest BCUT2D eigenvalue weighted by Crippen LogP contribution is 2.24. The van der Waals surface area contributed by atoms with Crippen molar-refractivity contribution < 1.29 is 19.1 Å². The molecule has 0 radical (unpaired) electrons. The highest BCUT2D eigenvalue weighted by Gasteiger charge is 2.17. The van der Waals surface area contributed by atoms with Crippen LogP contribution in [0.1, 0.15) is 62.0 Å². The normalized spacial score (nSPS) is 11.6. The van der Waals surface area contributed by atoms with E-state index in [-0.39, 0.29) is 11.9 Å². The Morgan fingerprint density at radius 1 is 0.966 bits per heavy atom. The van der Waals surface area contributed by atoms with Crippen molar-refractivity contribution in [3.05, 3.63) is 59.2 Å². The molecular formula is C24H31NO4. The number of hydrogen-bond donors (Lipinski definition) is 1. The molecule has 29 heavy (non-hydrogen) atoms. The van der Waals surface area contributed by atoms with E-state index in [1.807, 2.05) is 25.1 Å². The minimum Gasteiger partial charge on any atom is -0.479 e. The van der Waals surface area contributed by atoms with Crippen molar-refractivity contribution >= 4 is 17.6 Å². The van der Waals surface area contributed by atoms with Crippen LogP contribution in [0, 0.1) is 0 Å². The number of benzene rings is 2. The van der Waals surface area contributed by atoms with Gasteiger partial charge in [0.15, 0.2) is 6.10 Å². The Morgan fingerprint density at radius 2 is 1.59 bits per heavy atom. The van der Waals surface area contributed by atoms with E-state index in [4.69, 9.17) is 9.47 Å². The number of amides is 1. The number of aryl methyl sites for hydroxylation is 2. The van der Waals surface area contributed by atoms with Crippen LogP contribution in [-0.4, -0.2) is 24.6 Å². The van der Waals surface area contributed by atoms with Crippen molar-refractivity contribution in [2.45, 2.75) is 59.5 Å². The lowest BCUT2D eigenvalue weighted by Crippen LogP contribution is -2.26. The molecule has 2 aromatic rings. The van der Waals surface area contributed by atoms with Crippen molar-refractivity contribution in [3.63, 3.8) is 0 Å². The average molecular weight is 398 g/mol. The average Bonchev–Trinajstić information content (AvgIpc) is 2.74. The van der Waals surface area contributed by atoms with E-state index in [1.54, 1.807) is 31.2 Å². The third-order valence-electron chi connectivity index (χ3n) is 4.74. The highest BCUT2D eigenvalue weighted by atomic mass is 16.6. The van der Waals surface area contributed by atoms with Crippen LogP contribution in [-0.2, 0) is 22.4 Å². The summed E-state index contributed by atoms with van der Waals surface area (Å²) in [6.45, 7) is 8.25. The van der Waals surface area contributed by atoms with E-state index in [2.05, 4.69) is 19.2 Å². The zero-order valence-electron chi connectivity index (χ0n) is 17.8. The van der Waals surface area contributed by atoms with E-state index in [0.717, 1.165) is 42.5 Å². The smallest absolute Gasteiger partial charge is 0.347 e. The monoisotopic (exact) mass is 397 g/mol. The fourth-order valence-electron chi connectivity index (χ4n) is 2.96. The maximum absolute atomic E-state index is 12.7. The summed E-state index contributed by atoms with van der Waals surface area (Å²) in [5, 5.41) is 3.05. The molecule has 0 saturated heterocycles. The second-order valence-electron chi connectivity index (χ2n) is 6.92. The Bertz CT molecular complexity index is 792. The third kappa shape index (κ3) is 6.34. The minimum atomic E-state index is -0.699. The molecule has 0 spiro atoms. The van der Waals surface area contributed by atoms with E-state index < -0.39 is 6.10 Å². The van der Waals surface area contributed by atoms with Crippen LogP contribution >= 0.6 is 0 Å². The van der Waals surface area contributed by atoms with Crippen LogP contribution in [0.2, 0.25) is 0 Å². The topological polar surface area (TPSA) is 64.6 Å². The summed E-state index contributed by atoms with van der Waals surface area (Å²) in [6, 6.07) is 12.9. The lowest BCUT2D eigenvalue weighted by molar-refractivity contribution is -0.151. The Balaban J connectivity index is 2.01. The number of carbonyl (C=O) groups is 2. The van der Waals surface area contributed by atoms with Crippen LogP contribution < -0.4 is 10.1 Å². The summed E-state index contributed by atoms with van der Waals surface area (Å²) < 4.78 is 10.8. The molecule has 1 amide bonds. The molecule has 0 aliphatic rings. The van der Waals surface area contributed by atoms with E-state index >= 15 is 0 Å². The fraction of sp³-hybridized carbons (Fsp3) is 0.417. The first-order valence-corrected chi connectivity index (χ1v) is 10.4. The minimum absolute atomic E-state index is 0.167. The number of unbranched alkanes of at least 4 members (excludes halogenated alkanes) is 1. The van der Waals surface area contributed by atoms with E-state index in [0.29, 0.717) is 17.9 Å². The maximum Gasteiger partial charge on any atom is 0.347 e. The number of ether oxygens (including phenoxy) is 2. The van der Waals surface area contributed by atoms with E-state index in [1.165, 1.54) is 0 Å². The van der Waals surface area contributed by atoms with Gasteiger partial charge in [-0.3, -0.25) is 4.79 Å². The lowest BCUT2D eigenvalue weighted by atomic mass is 10.0. The van der Waals surface area contributed by atoms with Gasteiger partial charge < -0.3 is 14.8 Å². The van der Waals surface area contributed by atoms with Crippen LogP contribution in [0.3, 0.4) is 0 Å². The van der Waals surface area contributed by atoms with Crippen molar-refractivity contribution in [1.29, 1.82) is 0 Å². The van der Waals surface area contributed by atoms with Crippen molar-refractivity contribution in [2.24, 2.45) is 0 Å². The molecule has 0 saturated carbocycles. The summed E-state index contributed by atoms with van der Waals surface area (Å²) in [5.74, 6) is -0.0348. The van der Waals surface area contributed by atoms with Crippen molar-refractivity contribution in [2.75, 3.05) is 11.9 Å². The first-order valence-electron chi connectivity index (χ1n) is 10.4. The van der Waals surface area contributed by atoms with Gasteiger partial charge in [-0.15, -0.1) is 0 Å². The van der Waals surface area contributed by atoms with Gasteiger partial charge in [0.25, 0.3) is 5.91 Å². The molecule has 0 fully saturated rings. The molecule has 5 nitrogen and oxygen atoms in total. The van der Waals surface area contributed by atoms with Crippen LogP contribution in [0.15, 0.2) is 42.5 Å². The van der Waals surface area contributed by atoms with Gasteiger partial charge in [0, 0.05) is 11.3 Å². The van der Waals surface area contributed by atoms with Crippen LogP contribution in [0.25, 0.3) is 0 Å². The predicted molar refractivity (Wildman–Crippen MR) is 116 cm³/mol. The molecule has 1 N–H and O–H groups in total. The molecule has 0 heterocycles. The van der Waals surface area contributed by atoms with Gasteiger partial charge in [0.2, 0.25) is 0 Å². The van der Waals surface area contributed by atoms with Gasteiger partial charge in [-0.1, -0.05) is 45.4 Å². The highest BCUT2D eigenvalue weighted by molar-refractivity contribution is 6.05. The van der Waals surface area contributed by atoms with Gasteiger partial charge in [-0.25, -0.2) is 4.79 Å². The van der Waals surface area contributed by atoms with Gasteiger partial charge in [0.05, 0.1) is 6.61 Å². The Kier molecular flexibility index (Phi) is 8.71. The Hall–Kier alpha value is -2.82. The lowest BCUT2D eigenvalue weighted by Gasteiger charge is -2.15. The standard InChI is InChI=1S/C24H31NO4/c1-5-8-16-28-24(27)17(4)29-21-14-12-20(13-15-21)23(26)25-22-18(6-2)10-9-11-19(22)7-3/h9-15,17H,5-8,16H2,1-4H3,(H,25,26). The van der Waals surface area contributed by atoms with Gasteiger partial charge in [0.1, 0.15) is 5.75 Å². The fourth-order valence-corrected chi connectivity index (χ4v) is 2.96. The zero-order chi connectivity index (χ0) is 21.2. The van der Waals surface area contributed by atoms with Gasteiger partial charge in [-0.05, 0) is 61.6 Å². The first-order chi connectivity index (χ1) is 14.0. The molecule has 156 valence electrons. The molecule has 1 atom stereocenters. The molecular weight excluding hydrogens is 366 g/mol. The number of carbonyl (C=O) groups excluding carboxylic acids is 2. The second-order valence-corrected chi connectivity index (χ2v) is 6.92. The summed E-state index contributed by atoms with van der Waals surface area (Å²) in [5.41, 5.74) is 3.66. The molecule has 0 aliphatic carbocycles. The van der Waals surface area contributed by atoms with Gasteiger partial charge >= 0.3 is 5.97 Å². The summed E-state index contributed by atoms with van der Waals surface area (Å²) in [4.78, 5) is 24.6. The predicted octanol–water partition coefficient (Wildman–Crippen LogP) is 5.17. The third-order valence-corrected chi connectivity index (χ3v) is 4.74. The van der Waals surface area contributed by atoms with Gasteiger partial charge in [-0.2, -0.15) is 0 Å². The summed E-state index contributed by atoms with van der Waals surface area (Å²) >= 11 is 0. The molecule has 2 rings (SSSR count). The Morgan fingerprint density at radius 3 is 2.14 bits per heavy atom. The number of anilines is 1. The maximum atomic E-state index is 12.7. The van der Waals surface area contributed by atoms with Crippen LogP contribution in [0.4, 0.5) is 5.69 Å². The molecule has 1 unspecified atom stereocenters. The van der Waals surface area contributed by atoms with Crippen molar-refractivity contribution in [1.82, 2.24) is 0 Å². The second kappa shape index (κ2) is 11.2.